The second-order valence-electron chi connectivity index (χ2n) is 4.59. The zero-order valence-corrected chi connectivity index (χ0v) is 8.38. The molecule has 1 atom stereocenters. The lowest BCUT2D eigenvalue weighted by Gasteiger charge is -2.43. The van der Waals surface area contributed by atoms with Crippen LogP contribution in [0.1, 0.15) is 38.5 Å². The van der Waals surface area contributed by atoms with Gasteiger partial charge in [0.2, 0.25) is 0 Å². The van der Waals surface area contributed by atoms with Gasteiger partial charge < -0.3 is 5.11 Å². The van der Waals surface area contributed by atoms with E-state index < -0.39 is 5.97 Å². The molecular formula is C10H18N2O2. The maximum atomic E-state index is 10.9. The van der Waals surface area contributed by atoms with E-state index in [0.717, 1.165) is 19.3 Å². The van der Waals surface area contributed by atoms with Gasteiger partial charge >= 0.3 is 5.97 Å². The molecule has 1 saturated heterocycles. The first-order valence-electron chi connectivity index (χ1n) is 5.45. The van der Waals surface area contributed by atoms with E-state index in [1.165, 1.54) is 19.3 Å². The third-order valence-corrected chi connectivity index (χ3v) is 3.50. The van der Waals surface area contributed by atoms with Crippen LogP contribution in [0.25, 0.3) is 0 Å². The van der Waals surface area contributed by atoms with Gasteiger partial charge in [-0.15, -0.1) is 0 Å². The van der Waals surface area contributed by atoms with E-state index >= 15 is 0 Å². The summed E-state index contributed by atoms with van der Waals surface area (Å²) in [6, 6.07) is 0. The summed E-state index contributed by atoms with van der Waals surface area (Å²) in [5.74, 6) is -0.877. The predicted molar refractivity (Wildman–Crippen MR) is 52.7 cm³/mol. The highest BCUT2D eigenvalue weighted by atomic mass is 16.4. The van der Waals surface area contributed by atoms with Crippen molar-refractivity contribution in [3.63, 3.8) is 0 Å². The first-order valence-corrected chi connectivity index (χ1v) is 5.45. The molecule has 1 aliphatic carbocycles. The molecule has 0 aromatic carbocycles. The fourth-order valence-electron chi connectivity index (χ4n) is 2.69. The van der Waals surface area contributed by atoms with Crippen LogP contribution in [0.15, 0.2) is 0 Å². The standard InChI is InChI=1S/C10H18N2O2/c13-9(14)8-6-10(12-11-7-8)4-2-1-3-5-10/h8,11-12H,1-7H2,(H,13,14). The summed E-state index contributed by atoms with van der Waals surface area (Å²) < 4.78 is 0. The molecule has 1 heterocycles. The Hall–Kier alpha value is -0.610. The maximum absolute atomic E-state index is 10.9. The van der Waals surface area contributed by atoms with Gasteiger partial charge in [-0.05, 0) is 19.3 Å². The number of hydrogen-bond donors (Lipinski definition) is 3. The molecule has 2 rings (SSSR count). The third kappa shape index (κ3) is 1.91. The highest BCUT2D eigenvalue weighted by Gasteiger charge is 2.39. The maximum Gasteiger partial charge on any atom is 0.307 e. The molecule has 80 valence electrons. The van der Waals surface area contributed by atoms with Gasteiger partial charge in [0.05, 0.1) is 5.92 Å². The summed E-state index contributed by atoms with van der Waals surface area (Å²) >= 11 is 0. The molecule has 0 bridgehead atoms. The average Bonchev–Trinajstić information content (AvgIpc) is 2.19. The fourth-order valence-corrected chi connectivity index (χ4v) is 2.69. The molecule has 4 heteroatoms. The van der Waals surface area contributed by atoms with Crippen LogP contribution in [0.2, 0.25) is 0 Å². The van der Waals surface area contributed by atoms with Gasteiger partial charge in [-0.1, -0.05) is 19.3 Å². The Morgan fingerprint density at radius 1 is 1.29 bits per heavy atom. The van der Waals surface area contributed by atoms with Gasteiger partial charge in [0, 0.05) is 12.1 Å². The number of aliphatic carboxylic acids is 1. The fraction of sp³-hybridized carbons (Fsp3) is 0.900. The van der Waals surface area contributed by atoms with Crippen LogP contribution in [0.3, 0.4) is 0 Å². The molecule has 4 nitrogen and oxygen atoms in total. The Morgan fingerprint density at radius 3 is 2.64 bits per heavy atom. The van der Waals surface area contributed by atoms with Gasteiger partial charge in [-0.25, -0.2) is 0 Å². The minimum absolute atomic E-state index is 0.0690. The second kappa shape index (κ2) is 3.87. The average molecular weight is 198 g/mol. The molecule has 1 spiro atoms. The van der Waals surface area contributed by atoms with Crippen LogP contribution in [-0.2, 0) is 4.79 Å². The van der Waals surface area contributed by atoms with Crippen molar-refractivity contribution in [2.45, 2.75) is 44.1 Å². The minimum Gasteiger partial charge on any atom is -0.481 e. The minimum atomic E-state index is -0.663. The predicted octanol–water partition coefficient (Wildman–Crippen LogP) is 0.888. The van der Waals surface area contributed by atoms with Gasteiger partial charge in [0.15, 0.2) is 0 Å². The molecule has 2 fully saturated rings. The second-order valence-corrected chi connectivity index (χ2v) is 4.59. The number of carbonyl (C=O) groups is 1. The molecule has 2 aliphatic rings. The smallest absolute Gasteiger partial charge is 0.307 e. The van der Waals surface area contributed by atoms with Crippen molar-refractivity contribution in [3.8, 4) is 0 Å². The van der Waals surface area contributed by atoms with E-state index in [2.05, 4.69) is 10.9 Å². The van der Waals surface area contributed by atoms with Gasteiger partial charge in [0.25, 0.3) is 0 Å². The molecule has 0 radical (unpaired) electrons. The number of nitrogens with one attached hydrogen (secondary N) is 2. The first kappa shape index (κ1) is 9.93. The van der Waals surface area contributed by atoms with E-state index in [1.54, 1.807) is 0 Å². The molecule has 0 amide bonds. The molecule has 0 aromatic rings. The monoisotopic (exact) mass is 198 g/mol. The van der Waals surface area contributed by atoms with Gasteiger partial charge in [0.1, 0.15) is 0 Å². The Kier molecular flexibility index (Phi) is 2.74. The molecule has 1 aliphatic heterocycles. The quantitative estimate of drug-likeness (QED) is 0.585. The van der Waals surface area contributed by atoms with Crippen LogP contribution in [0.4, 0.5) is 0 Å². The highest BCUT2D eigenvalue weighted by molar-refractivity contribution is 5.70. The third-order valence-electron chi connectivity index (χ3n) is 3.50. The summed E-state index contributed by atoms with van der Waals surface area (Å²) in [6.45, 7) is 0.553. The summed E-state index contributed by atoms with van der Waals surface area (Å²) in [7, 11) is 0. The van der Waals surface area contributed by atoms with Crippen LogP contribution in [0, 0.1) is 5.92 Å². The van der Waals surface area contributed by atoms with Gasteiger partial charge in [-0.2, -0.15) is 0 Å². The molecule has 1 saturated carbocycles. The van der Waals surface area contributed by atoms with Crippen molar-refractivity contribution in [1.82, 2.24) is 10.9 Å². The topological polar surface area (TPSA) is 61.4 Å². The SMILES string of the molecule is O=C(O)C1CNNC2(CCCCC2)C1. The normalized spacial score (nSPS) is 31.6. The zero-order valence-electron chi connectivity index (χ0n) is 8.38. The Morgan fingerprint density at radius 2 is 2.00 bits per heavy atom. The Labute approximate surface area is 84.0 Å². The van der Waals surface area contributed by atoms with Crippen molar-refractivity contribution in [2.75, 3.05) is 6.54 Å². The number of carboxylic acid groups (broad SMARTS) is 1. The van der Waals surface area contributed by atoms with Crippen LogP contribution < -0.4 is 10.9 Å². The summed E-state index contributed by atoms with van der Waals surface area (Å²) in [4.78, 5) is 10.9. The van der Waals surface area contributed by atoms with E-state index in [1.807, 2.05) is 0 Å². The molecular weight excluding hydrogens is 180 g/mol. The number of rotatable bonds is 1. The number of hydrogen-bond acceptors (Lipinski definition) is 3. The lowest BCUT2D eigenvalue weighted by atomic mass is 9.75. The highest BCUT2D eigenvalue weighted by Crippen LogP contribution is 2.34. The Balaban J connectivity index is 2.01. The summed E-state index contributed by atoms with van der Waals surface area (Å²) in [6.07, 6.45) is 6.76. The summed E-state index contributed by atoms with van der Waals surface area (Å²) in [5, 5.41) is 8.98. The Bertz CT molecular complexity index is 219. The van der Waals surface area contributed by atoms with Gasteiger partial charge in [-0.3, -0.25) is 15.6 Å². The van der Waals surface area contributed by atoms with Crippen LogP contribution in [-0.4, -0.2) is 23.2 Å². The molecule has 3 N–H and O–H groups in total. The van der Waals surface area contributed by atoms with Crippen molar-refractivity contribution < 1.29 is 9.90 Å². The van der Waals surface area contributed by atoms with E-state index in [-0.39, 0.29) is 11.5 Å². The summed E-state index contributed by atoms with van der Waals surface area (Å²) in [5.41, 5.74) is 6.42. The van der Waals surface area contributed by atoms with Crippen molar-refractivity contribution in [2.24, 2.45) is 5.92 Å². The number of hydrazine groups is 1. The molecule has 1 unspecified atom stereocenters. The largest absolute Gasteiger partial charge is 0.481 e. The number of carboxylic acids is 1. The van der Waals surface area contributed by atoms with Crippen molar-refractivity contribution in [3.05, 3.63) is 0 Å². The van der Waals surface area contributed by atoms with Crippen LogP contribution >= 0.6 is 0 Å². The first-order chi connectivity index (χ1) is 6.72. The van der Waals surface area contributed by atoms with E-state index in [0.29, 0.717) is 6.54 Å². The van der Waals surface area contributed by atoms with Crippen molar-refractivity contribution in [1.29, 1.82) is 0 Å². The van der Waals surface area contributed by atoms with E-state index in [4.69, 9.17) is 5.11 Å². The lowest BCUT2D eigenvalue weighted by Crippen LogP contribution is -2.61. The molecule has 0 aromatic heterocycles. The van der Waals surface area contributed by atoms with E-state index in [9.17, 15) is 4.79 Å². The zero-order chi connectivity index (χ0) is 10.0. The molecule has 14 heavy (non-hydrogen) atoms. The van der Waals surface area contributed by atoms with Crippen molar-refractivity contribution >= 4 is 5.97 Å². The van der Waals surface area contributed by atoms with Crippen LogP contribution in [0.5, 0.6) is 0 Å². The lowest BCUT2D eigenvalue weighted by molar-refractivity contribution is -0.143.